The average Bonchev–Trinajstić information content (AvgIpc) is 2.81. The molecule has 1 N–H and O–H groups in total. The first-order valence-electron chi connectivity index (χ1n) is 15.8. The maximum Gasteiger partial charge on any atom is 0.303 e. The van der Waals surface area contributed by atoms with E-state index in [1.165, 1.54) is 148 Å². The van der Waals surface area contributed by atoms with E-state index in [4.69, 9.17) is 5.11 Å². The third-order valence-corrected chi connectivity index (χ3v) is 7.79. The summed E-state index contributed by atoms with van der Waals surface area (Å²) in [6, 6.07) is 0. The molecule has 0 bridgehead atoms. The number of carboxylic acids is 1. The van der Waals surface area contributed by atoms with E-state index in [1.807, 2.05) is 0 Å². The Morgan fingerprint density at radius 2 is 0.794 bits per heavy atom. The summed E-state index contributed by atoms with van der Waals surface area (Å²) in [6.07, 6.45) is 34.3. The Morgan fingerprint density at radius 1 is 0.500 bits per heavy atom. The molecule has 0 heterocycles. The Balaban J connectivity index is 3.43. The van der Waals surface area contributed by atoms with Crippen LogP contribution in [0.3, 0.4) is 0 Å². The van der Waals surface area contributed by atoms with Gasteiger partial charge in [-0.15, -0.1) is 0 Å². The van der Waals surface area contributed by atoms with Gasteiger partial charge < -0.3 is 5.11 Å². The zero-order valence-electron chi connectivity index (χ0n) is 23.9. The topological polar surface area (TPSA) is 37.3 Å². The minimum atomic E-state index is -0.608. The van der Waals surface area contributed by atoms with Crippen molar-refractivity contribution in [1.29, 1.82) is 0 Å². The van der Waals surface area contributed by atoms with Crippen LogP contribution in [0.5, 0.6) is 0 Å². The van der Waals surface area contributed by atoms with Crippen LogP contribution in [-0.2, 0) is 4.79 Å². The van der Waals surface area contributed by atoms with Crippen LogP contribution in [0.2, 0.25) is 0 Å². The number of unbranched alkanes of at least 4 members (excludes halogenated alkanes) is 18. The van der Waals surface area contributed by atoms with Gasteiger partial charge in [0.15, 0.2) is 0 Å². The van der Waals surface area contributed by atoms with E-state index in [2.05, 4.69) is 20.8 Å². The van der Waals surface area contributed by atoms with Crippen molar-refractivity contribution in [3.05, 3.63) is 0 Å². The van der Waals surface area contributed by atoms with Gasteiger partial charge in [0.25, 0.3) is 0 Å². The fourth-order valence-corrected chi connectivity index (χ4v) is 5.39. The SMILES string of the molecule is CCCCCCCCCCC(C)CCCCCCCCCCCC(CCCCCC)CC(=O)O. The monoisotopic (exact) mass is 480 g/mol. The maximum atomic E-state index is 11.1. The predicted octanol–water partition coefficient (Wildman–Crippen LogP) is 11.5. The van der Waals surface area contributed by atoms with Crippen molar-refractivity contribution in [3.63, 3.8) is 0 Å². The standard InChI is InChI=1S/C32H64O2/c1-4-6-8-10-11-15-18-21-25-30(3)26-22-19-16-13-12-14-17-20-24-28-31(29-32(33)34)27-23-9-7-5-2/h30-31H,4-29H2,1-3H3,(H,33,34). The van der Waals surface area contributed by atoms with E-state index in [0.717, 1.165) is 18.8 Å². The molecule has 0 radical (unpaired) electrons. The molecule has 0 aliphatic rings. The van der Waals surface area contributed by atoms with Gasteiger partial charge in [0, 0.05) is 6.42 Å². The summed E-state index contributed by atoms with van der Waals surface area (Å²) in [7, 11) is 0. The fraction of sp³-hybridized carbons (Fsp3) is 0.969. The molecule has 0 aromatic carbocycles. The van der Waals surface area contributed by atoms with E-state index in [9.17, 15) is 4.79 Å². The van der Waals surface area contributed by atoms with Gasteiger partial charge in [0.05, 0.1) is 0 Å². The highest BCUT2D eigenvalue weighted by Crippen LogP contribution is 2.22. The van der Waals surface area contributed by atoms with Gasteiger partial charge in [0.2, 0.25) is 0 Å². The highest BCUT2D eigenvalue weighted by molar-refractivity contribution is 5.66. The van der Waals surface area contributed by atoms with E-state index in [1.54, 1.807) is 0 Å². The van der Waals surface area contributed by atoms with Crippen molar-refractivity contribution in [2.45, 2.75) is 188 Å². The Hall–Kier alpha value is -0.530. The van der Waals surface area contributed by atoms with Crippen LogP contribution in [0.25, 0.3) is 0 Å². The summed E-state index contributed by atoms with van der Waals surface area (Å²) >= 11 is 0. The third kappa shape index (κ3) is 26.1. The van der Waals surface area contributed by atoms with E-state index >= 15 is 0 Å². The molecule has 204 valence electrons. The van der Waals surface area contributed by atoms with Crippen LogP contribution in [0.4, 0.5) is 0 Å². The van der Waals surface area contributed by atoms with Crippen molar-refractivity contribution >= 4 is 5.97 Å². The van der Waals surface area contributed by atoms with Crippen molar-refractivity contribution in [2.75, 3.05) is 0 Å². The average molecular weight is 481 g/mol. The van der Waals surface area contributed by atoms with Gasteiger partial charge in [0.1, 0.15) is 0 Å². The second kappa shape index (κ2) is 27.1. The number of carboxylic acid groups (broad SMARTS) is 1. The summed E-state index contributed by atoms with van der Waals surface area (Å²) in [6.45, 7) is 6.99. The van der Waals surface area contributed by atoms with Gasteiger partial charge in [-0.1, -0.05) is 168 Å². The van der Waals surface area contributed by atoms with E-state index in [0.29, 0.717) is 12.3 Å². The Labute approximate surface area is 215 Å². The third-order valence-electron chi connectivity index (χ3n) is 7.79. The number of rotatable bonds is 28. The number of aliphatic carboxylic acids is 1. The van der Waals surface area contributed by atoms with Crippen LogP contribution in [0, 0.1) is 11.8 Å². The number of carbonyl (C=O) groups is 1. The molecule has 0 saturated carbocycles. The second-order valence-electron chi connectivity index (χ2n) is 11.4. The lowest BCUT2D eigenvalue weighted by atomic mass is 9.91. The Morgan fingerprint density at radius 3 is 1.15 bits per heavy atom. The van der Waals surface area contributed by atoms with Crippen molar-refractivity contribution < 1.29 is 9.90 Å². The lowest BCUT2D eigenvalue weighted by Crippen LogP contribution is -2.08. The van der Waals surface area contributed by atoms with Crippen LogP contribution >= 0.6 is 0 Å². The van der Waals surface area contributed by atoms with Crippen molar-refractivity contribution in [1.82, 2.24) is 0 Å². The molecule has 0 fully saturated rings. The summed E-state index contributed by atoms with van der Waals surface area (Å²) in [4.78, 5) is 11.1. The molecular formula is C32H64O2. The van der Waals surface area contributed by atoms with E-state index in [-0.39, 0.29) is 0 Å². The molecule has 2 nitrogen and oxygen atoms in total. The van der Waals surface area contributed by atoms with Crippen LogP contribution in [0.1, 0.15) is 188 Å². The van der Waals surface area contributed by atoms with Crippen LogP contribution in [0.15, 0.2) is 0 Å². The smallest absolute Gasteiger partial charge is 0.303 e. The number of hydrogen-bond donors (Lipinski definition) is 1. The van der Waals surface area contributed by atoms with Gasteiger partial charge in [-0.3, -0.25) is 4.79 Å². The number of hydrogen-bond acceptors (Lipinski definition) is 1. The molecule has 0 aliphatic carbocycles. The molecule has 0 aliphatic heterocycles. The molecule has 2 heteroatoms. The molecule has 0 spiro atoms. The molecule has 2 atom stereocenters. The highest BCUT2D eigenvalue weighted by atomic mass is 16.4. The summed E-state index contributed by atoms with van der Waals surface area (Å²) in [5.41, 5.74) is 0. The van der Waals surface area contributed by atoms with Gasteiger partial charge in [-0.05, 0) is 24.7 Å². The Bertz CT molecular complexity index is 406. The van der Waals surface area contributed by atoms with Crippen molar-refractivity contribution in [2.24, 2.45) is 11.8 Å². The van der Waals surface area contributed by atoms with Gasteiger partial charge in [-0.25, -0.2) is 0 Å². The molecule has 2 unspecified atom stereocenters. The van der Waals surface area contributed by atoms with E-state index < -0.39 is 5.97 Å². The van der Waals surface area contributed by atoms with Crippen molar-refractivity contribution in [3.8, 4) is 0 Å². The molecule has 0 rings (SSSR count). The zero-order valence-corrected chi connectivity index (χ0v) is 23.9. The molecule has 34 heavy (non-hydrogen) atoms. The molecule has 0 aromatic heterocycles. The highest BCUT2D eigenvalue weighted by Gasteiger charge is 2.12. The minimum absolute atomic E-state index is 0.379. The summed E-state index contributed by atoms with van der Waals surface area (Å²) in [5, 5.41) is 9.17. The van der Waals surface area contributed by atoms with Crippen LogP contribution < -0.4 is 0 Å². The fourth-order valence-electron chi connectivity index (χ4n) is 5.39. The Kier molecular flexibility index (Phi) is 26.6. The van der Waals surface area contributed by atoms with Gasteiger partial charge >= 0.3 is 5.97 Å². The first-order valence-corrected chi connectivity index (χ1v) is 15.8. The lowest BCUT2D eigenvalue weighted by molar-refractivity contribution is -0.138. The first-order chi connectivity index (χ1) is 16.6. The largest absolute Gasteiger partial charge is 0.481 e. The summed E-state index contributed by atoms with van der Waals surface area (Å²) in [5.74, 6) is 0.729. The quantitative estimate of drug-likeness (QED) is 0.113. The zero-order chi connectivity index (χ0) is 25.1. The lowest BCUT2D eigenvalue weighted by Gasteiger charge is -2.14. The van der Waals surface area contributed by atoms with Crippen LogP contribution in [-0.4, -0.2) is 11.1 Å². The minimum Gasteiger partial charge on any atom is -0.481 e. The second-order valence-corrected chi connectivity index (χ2v) is 11.4. The maximum absolute atomic E-state index is 11.1. The molecule has 0 amide bonds. The molecule has 0 aromatic rings. The summed E-state index contributed by atoms with van der Waals surface area (Å²) < 4.78 is 0. The van der Waals surface area contributed by atoms with Gasteiger partial charge in [-0.2, -0.15) is 0 Å². The predicted molar refractivity (Wildman–Crippen MR) is 152 cm³/mol. The normalized spacial score (nSPS) is 13.3. The molecular weight excluding hydrogens is 416 g/mol. The molecule has 0 saturated heterocycles. The first kappa shape index (κ1) is 33.5.